The summed E-state index contributed by atoms with van der Waals surface area (Å²) < 4.78 is 0. The van der Waals surface area contributed by atoms with Crippen LogP contribution in [0.15, 0.2) is 0 Å². The van der Waals surface area contributed by atoms with Gasteiger partial charge in [0, 0.05) is 6.92 Å². The average Bonchev–Trinajstić information content (AvgIpc) is 2.31. The lowest BCUT2D eigenvalue weighted by Crippen LogP contribution is -2.20. The molecule has 0 saturated heterocycles. The van der Waals surface area contributed by atoms with Crippen LogP contribution in [0.2, 0.25) is 0 Å². The van der Waals surface area contributed by atoms with Crippen LogP contribution >= 0.6 is 11.6 Å². The highest BCUT2D eigenvalue weighted by Gasteiger charge is 2.24. The summed E-state index contributed by atoms with van der Waals surface area (Å²) >= 11 is 4.64. The van der Waals surface area contributed by atoms with Gasteiger partial charge in [0.25, 0.3) is 0 Å². The van der Waals surface area contributed by atoms with Gasteiger partial charge < -0.3 is 0 Å². The molecular formula is C14H25ClO. The minimum absolute atomic E-state index is 0.361. The fourth-order valence-corrected chi connectivity index (χ4v) is 3.21. The Morgan fingerprint density at radius 2 is 1.06 bits per heavy atom. The van der Waals surface area contributed by atoms with Crippen molar-refractivity contribution in [1.29, 1.82) is 0 Å². The lowest BCUT2D eigenvalue weighted by Gasteiger charge is -2.32. The molecule has 2 aliphatic rings. The summed E-state index contributed by atoms with van der Waals surface area (Å²) in [5.74, 6) is 2.28. The number of halogens is 1. The first kappa shape index (κ1) is 14.0. The number of carbonyl (C=O) groups is 1. The highest BCUT2D eigenvalue weighted by molar-refractivity contribution is 6.62. The van der Waals surface area contributed by atoms with E-state index in [1.54, 1.807) is 25.7 Å². The van der Waals surface area contributed by atoms with Crippen LogP contribution < -0.4 is 0 Å². The molecular weight excluding hydrogens is 220 g/mol. The van der Waals surface area contributed by atoms with Gasteiger partial charge in [0.15, 0.2) is 0 Å². The summed E-state index contributed by atoms with van der Waals surface area (Å²) in [7, 11) is 0. The first-order chi connectivity index (χ1) is 7.70. The molecule has 0 atom stereocenters. The Morgan fingerprint density at radius 3 is 1.31 bits per heavy atom. The van der Waals surface area contributed by atoms with Gasteiger partial charge in [-0.2, -0.15) is 0 Å². The van der Waals surface area contributed by atoms with Gasteiger partial charge in [-0.25, -0.2) is 0 Å². The Kier molecular flexibility index (Phi) is 7.11. The smallest absolute Gasteiger partial charge is 0.218 e. The van der Waals surface area contributed by atoms with E-state index in [1.165, 1.54) is 45.4 Å². The van der Waals surface area contributed by atoms with Gasteiger partial charge in [0.1, 0.15) is 0 Å². The summed E-state index contributed by atoms with van der Waals surface area (Å²) in [5.41, 5.74) is 0. The molecule has 0 N–H and O–H groups in total. The van der Waals surface area contributed by atoms with E-state index in [2.05, 4.69) is 11.6 Å². The van der Waals surface area contributed by atoms with Crippen molar-refractivity contribution in [1.82, 2.24) is 0 Å². The predicted molar refractivity (Wildman–Crippen MR) is 69.7 cm³/mol. The summed E-state index contributed by atoms with van der Waals surface area (Å²) in [5, 5.41) is -0.361. The van der Waals surface area contributed by atoms with Crippen molar-refractivity contribution >= 4 is 16.8 Å². The van der Waals surface area contributed by atoms with Crippen LogP contribution in [-0.2, 0) is 4.79 Å². The van der Waals surface area contributed by atoms with E-state index >= 15 is 0 Å². The van der Waals surface area contributed by atoms with E-state index in [4.69, 9.17) is 0 Å². The summed E-state index contributed by atoms with van der Waals surface area (Å²) in [4.78, 5) is 9.21. The fraction of sp³-hybridized carbons (Fsp3) is 0.929. The maximum Gasteiger partial charge on any atom is 0.218 e. The first-order valence-electron chi connectivity index (χ1n) is 6.86. The van der Waals surface area contributed by atoms with E-state index in [-0.39, 0.29) is 5.24 Å². The molecule has 2 saturated carbocycles. The first-order valence-corrected chi connectivity index (χ1v) is 7.24. The summed E-state index contributed by atoms with van der Waals surface area (Å²) in [6.07, 6.45) is 15.4. The molecule has 94 valence electrons. The number of hydrogen-bond acceptors (Lipinski definition) is 1. The number of rotatable bonds is 1. The fourth-order valence-electron chi connectivity index (χ4n) is 3.21. The second-order valence-electron chi connectivity index (χ2n) is 5.27. The van der Waals surface area contributed by atoms with Gasteiger partial charge in [-0.1, -0.05) is 64.2 Å². The molecule has 0 aromatic rings. The monoisotopic (exact) mass is 244 g/mol. The van der Waals surface area contributed by atoms with Gasteiger partial charge in [-0.3, -0.25) is 4.79 Å². The van der Waals surface area contributed by atoms with Crippen LogP contribution in [0.5, 0.6) is 0 Å². The second-order valence-corrected chi connectivity index (χ2v) is 5.80. The molecule has 0 bridgehead atoms. The van der Waals surface area contributed by atoms with E-state index in [9.17, 15) is 4.79 Å². The van der Waals surface area contributed by atoms with Crippen LogP contribution in [-0.4, -0.2) is 5.24 Å². The molecule has 0 heterocycles. The molecule has 0 unspecified atom stereocenters. The molecule has 0 radical (unpaired) electrons. The average molecular weight is 245 g/mol. The van der Waals surface area contributed by atoms with Crippen molar-refractivity contribution in [3.8, 4) is 0 Å². The van der Waals surface area contributed by atoms with Gasteiger partial charge in [0.2, 0.25) is 5.24 Å². The maximum absolute atomic E-state index is 9.21. The van der Waals surface area contributed by atoms with Gasteiger partial charge in [-0.15, -0.1) is 0 Å². The Morgan fingerprint density at radius 1 is 0.812 bits per heavy atom. The zero-order chi connectivity index (χ0) is 11.8. The van der Waals surface area contributed by atoms with Crippen molar-refractivity contribution in [3.63, 3.8) is 0 Å². The molecule has 0 aromatic heterocycles. The zero-order valence-electron chi connectivity index (χ0n) is 10.5. The van der Waals surface area contributed by atoms with Crippen LogP contribution in [0.1, 0.15) is 71.1 Å². The van der Waals surface area contributed by atoms with Crippen molar-refractivity contribution in [2.45, 2.75) is 71.1 Å². The van der Waals surface area contributed by atoms with Crippen LogP contribution in [0.3, 0.4) is 0 Å². The lowest BCUT2D eigenvalue weighted by atomic mass is 9.73. The molecule has 1 nitrogen and oxygen atoms in total. The maximum atomic E-state index is 9.21. The normalized spacial score (nSPS) is 23.4. The Bertz CT molecular complexity index is 171. The van der Waals surface area contributed by atoms with Crippen molar-refractivity contribution < 1.29 is 4.79 Å². The van der Waals surface area contributed by atoms with Crippen molar-refractivity contribution in [2.24, 2.45) is 11.8 Å². The number of carbonyl (C=O) groups excluding carboxylic acids is 1. The zero-order valence-corrected chi connectivity index (χ0v) is 11.3. The molecule has 0 amide bonds. The largest absolute Gasteiger partial charge is 0.282 e. The minimum Gasteiger partial charge on any atom is -0.282 e. The highest BCUT2D eigenvalue weighted by atomic mass is 35.5. The Labute approximate surface area is 105 Å². The molecule has 0 aromatic carbocycles. The summed E-state index contributed by atoms with van der Waals surface area (Å²) in [6, 6.07) is 0. The van der Waals surface area contributed by atoms with E-state index in [0.717, 1.165) is 11.8 Å². The molecule has 0 spiro atoms. The third-order valence-electron chi connectivity index (χ3n) is 3.97. The highest BCUT2D eigenvalue weighted by Crippen LogP contribution is 2.37. The molecule has 2 aliphatic carbocycles. The van der Waals surface area contributed by atoms with E-state index in [1.807, 2.05) is 0 Å². The third-order valence-corrected chi connectivity index (χ3v) is 3.97. The Hall–Kier alpha value is -0.0400. The van der Waals surface area contributed by atoms with E-state index in [0.29, 0.717) is 0 Å². The SMILES string of the molecule is C1CCC(C2CCCCC2)CC1.CC(=O)Cl. The van der Waals surface area contributed by atoms with Crippen LogP contribution in [0.4, 0.5) is 0 Å². The molecule has 2 heteroatoms. The van der Waals surface area contributed by atoms with Gasteiger partial charge >= 0.3 is 0 Å². The molecule has 0 aliphatic heterocycles. The summed E-state index contributed by atoms with van der Waals surface area (Å²) in [6.45, 7) is 1.29. The van der Waals surface area contributed by atoms with Gasteiger partial charge in [0.05, 0.1) is 0 Å². The van der Waals surface area contributed by atoms with Crippen molar-refractivity contribution in [3.05, 3.63) is 0 Å². The quantitative estimate of drug-likeness (QED) is 0.599. The second kappa shape index (κ2) is 8.11. The van der Waals surface area contributed by atoms with Crippen LogP contribution in [0.25, 0.3) is 0 Å². The van der Waals surface area contributed by atoms with E-state index < -0.39 is 0 Å². The standard InChI is InChI=1S/C12H22.C2H3ClO/c1-3-7-11(8-4-1)12-9-5-2-6-10-12;1-2(3)4/h11-12H,1-10H2;1H3. The van der Waals surface area contributed by atoms with Crippen molar-refractivity contribution in [2.75, 3.05) is 0 Å². The topological polar surface area (TPSA) is 17.1 Å². The lowest BCUT2D eigenvalue weighted by molar-refractivity contribution is -0.109. The Balaban J connectivity index is 0.000000280. The third kappa shape index (κ3) is 5.89. The molecule has 2 rings (SSSR count). The van der Waals surface area contributed by atoms with Crippen LogP contribution in [0, 0.1) is 11.8 Å². The number of hydrogen-bond donors (Lipinski definition) is 0. The molecule has 2 fully saturated rings. The molecule has 16 heavy (non-hydrogen) atoms. The van der Waals surface area contributed by atoms with Gasteiger partial charge in [-0.05, 0) is 23.4 Å². The predicted octanol–water partition coefficient (Wildman–Crippen LogP) is 4.92. The minimum atomic E-state index is -0.361.